The number of hydrogen-bond acceptors (Lipinski definition) is 8. The van der Waals surface area contributed by atoms with Gasteiger partial charge in [0, 0.05) is 13.1 Å². The van der Waals surface area contributed by atoms with Crippen LogP contribution in [0.15, 0.2) is 48.5 Å². The SMILES string of the molecule is CN(C)CCOC(=O)c1ccc(C(C)(C)C)cc1.CN(C)CCOC(=O)c1ccc(C(C)(C)C)cc1.O=S(=O)(O)O. The molecule has 232 valence electrons. The van der Waals surface area contributed by atoms with E-state index in [-0.39, 0.29) is 22.8 Å². The first-order valence-corrected chi connectivity index (χ1v) is 14.6. The monoisotopic (exact) mass is 596 g/mol. The van der Waals surface area contributed by atoms with E-state index >= 15 is 0 Å². The van der Waals surface area contributed by atoms with E-state index in [9.17, 15) is 9.59 Å². The Morgan fingerprint density at radius 3 is 1.07 bits per heavy atom. The number of nitrogens with zero attached hydrogens (tertiary/aromatic N) is 2. The molecule has 41 heavy (non-hydrogen) atoms. The fourth-order valence-electron chi connectivity index (χ4n) is 3.02. The van der Waals surface area contributed by atoms with Gasteiger partial charge in [0.1, 0.15) is 13.2 Å². The van der Waals surface area contributed by atoms with E-state index in [4.69, 9.17) is 27.0 Å². The second-order valence-electron chi connectivity index (χ2n) is 12.0. The molecule has 0 aromatic heterocycles. The zero-order valence-corrected chi connectivity index (χ0v) is 26.9. The van der Waals surface area contributed by atoms with Gasteiger partial charge in [-0.2, -0.15) is 8.42 Å². The summed E-state index contributed by atoms with van der Waals surface area (Å²) >= 11 is 0. The van der Waals surface area contributed by atoms with Gasteiger partial charge < -0.3 is 19.3 Å². The van der Waals surface area contributed by atoms with Crippen LogP contribution in [-0.2, 0) is 30.7 Å². The molecule has 0 saturated heterocycles. The molecule has 0 aliphatic rings. The van der Waals surface area contributed by atoms with E-state index in [1.807, 2.05) is 86.5 Å². The number of likely N-dealkylation sites (N-methyl/N-ethyl adjacent to an activating group) is 2. The predicted octanol–water partition coefficient (Wildman–Crippen LogP) is 4.75. The van der Waals surface area contributed by atoms with E-state index < -0.39 is 10.4 Å². The number of ether oxygens (including phenoxy) is 2. The van der Waals surface area contributed by atoms with Crippen LogP contribution in [0.25, 0.3) is 0 Å². The van der Waals surface area contributed by atoms with Crippen molar-refractivity contribution in [1.82, 2.24) is 9.80 Å². The Morgan fingerprint density at radius 1 is 0.634 bits per heavy atom. The molecular weight excluding hydrogens is 548 g/mol. The molecule has 0 heterocycles. The number of benzene rings is 2. The van der Waals surface area contributed by atoms with Gasteiger partial charge in [-0.15, -0.1) is 0 Å². The smallest absolute Gasteiger partial charge is 0.394 e. The minimum absolute atomic E-state index is 0.105. The zero-order chi connectivity index (χ0) is 32.0. The largest absolute Gasteiger partial charge is 0.461 e. The Labute approximate surface area is 246 Å². The molecule has 0 aliphatic heterocycles. The fraction of sp³-hybridized carbons (Fsp3) is 0.533. The van der Waals surface area contributed by atoms with E-state index in [1.54, 1.807) is 0 Å². The van der Waals surface area contributed by atoms with E-state index in [0.717, 1.165) is 13.1 Å². The number of hydrogen-bond donors (Lipinski definition) is 2. The number of rotatable bonds is 8. The molecule has 10 nitrogen and oxygen atoms in total. The lowest BCUT2D eigenvalue weighted by Gasteiger charge is -2.19. The first-order chi connectivity index (χ1) is 18.6. The summed E-state index contributed by atoms with van der Waals surface area (Å²) in [5.41, 5.74) is 3.86. The molecule has 0 unspecified atom stereocenters. The Morgan fingerprint density at radius 2 is 0.878 bits per heavy atom. The van der Waals surface area contributed by atoms with Crippen LogP contribution in [0, 0.1) is 0 Å². The van der Waals surface area contributed by atoms with Gasteiger partial charge in [0.2, 0.25) is 0 Å². The third kappa shape index (κ3) is 19.0. The molecule has 0 bridgehead atoms. The predicted molar refractivity (Wildman–Crippen MR) is 162 cm³/mol. The molecule has 2 aromatic rings. The summed E-state index contributed by atoms with van der Waals surface area (Å²) in [7, 11) is 3.13. The molecule has 2 N–H and O–H groups in total. The van der Waals surface area contributed by atoms with Gasteiger partial charge in [-0.05, 0) is 74.4 Å². The lowest BCUT2D eigenvalue weighted by atomic mass is 9.87. The molecule has 11 heteroatoms. The summed E-state index contributed by atoms with van der Waals surface area (Å²) in [6, 6.07) is 15.3. The molecule has 0 amide bonds. The summed E-state index contributed by atoms with van der Waals surface area (Å²) in [6.07, 6.45) is 0. The van der Waals surface area contributed by atoms with Gasteiger partial charge in [0.15, 0.2) is 0 Å². The first kappa shape index (κ1) is 38.2. The highest BCUT2D eigenvalue weighted by atomic mass is 32.3. The molecule has 0 radical (unpaired) electrons. The Hall–Kier alpha value is -2.83. The van der Waals surface area contributed by atoms with Gasteiger partial charge in [0.05, 0.1) is 11.1 Å². The molecular formula is C30H48N2O8S. The van der Waals surface area contributed by atoms with Gasteiger partial charge in [-0.1, -0.05) is 65.8 Å². The molecule has 2 aromatic carbocycles. The minimum Gasteiger partial charge on any atom is -0.461 e. The van der Waals surface area contributed by atoms with Crippen LogP contribution in [0.4, 0.5) is 0 Å². The Balaban J connectivity index is 0.000000671. The lowest BCUT2D eigenvalue weighted by molar-refractivity contribution is 0.0472. The number of esters is 2. The summed E-state index contributed by atoms with van der Waals surface area (Å²) in [5, 5.41) is 0. The van der Waals surface area contributed by atoms with Crippen LogP contribution < -0.4 is 0 Å². The van der Waals surface area contributed by atoms with Crippen molar-refractivity contribution < 1.29 is 36.6 Å². The molecule has 0 atom stereocenters. The van der Waals surface area contributed by atoms with Crippen LogP contribution in [0.5, 0.6) is 0 Å². The summed E-state index contributed by atoms with van der Waals surface area (Å²) < 4.78 is 42.0. The van der Waals surface area contributed by atoms with Gasteiger partial charge in [-0.3, -0.25) is 9.11 Å². The van der Waals surface area contributed by atoms with Gasteiger partial charge in [-0.25, -0.2) is 9.59 Å². The Bertz CT molecular complexity index is 1080. The number of carbonyl (C=O) groups excluding carboxylic acids is 2. The topological polar surface area (TPSA) is 134 Å². The fourth-order valence-corrected chi connectivity index (χ4v) is 3.02. The second kappa shape index (κ2) is 17.2. The quantitative estimate of drug-likeness (QED) is 0.325. The summed E-state index contributed by atoms with van der Waals surface area (Å²) in [5.74, 6) is -0.505. The highest BCUT2D eigenvalue weighted by Crippen LogP contribution is 2.23. The maximum Gasteiger partial charge on any atom is 0.394 e. The zero-order valence-electron chi connectivity index (χ0n) is 26.1. The van der Waals surface area contributed by atoms with E-state index in [2.05, 4.69) is 41.5 Å². The van der Waals surface area contributed by atoms with Crippen LogP contribution in [0.2, 0.25) is 0 Å². The maximum atomic E-state index is 11.7. The van der Waals surface area contributed by atoms with Crippen LogP contribution in [0.1, 0.15) is 73.4 Å². The average molecular weight is 597 g/mol. The van der Waals surface area contributed by atoms with Crippen molar-refractivity contribution in [3.63, 3.8) is 0 Å². The molecule has 2 rings (SSSR count). The Kier molecular flexibility index (Phi) is 16.0. The van der Waals surface area contributed by atoms with Crippen molar-refractivity contribution in [3.8, 4) is 0 Å². The van der Waals surface area contributed by atoms with Crippen molar-refractivity contribution in [3.05, 3.63) is 70.8 Å². The maximum absolute atomic E-state index is 11.7. The standard InChI is InChI=1S/2C15H23NO2.H2O4S/c2*1-15(2,3)13-8-6-12(7-9-13)14(17)18-11-10-16(4)5;1-5(2,3)4/h2*6-9H,10-11H2,1-5H3;(H2,1,2,3,4). The van der Waals surface area contributed by atoms with Crippen LogP contribution in [-0.4, -0.2) is 93.8 Å². The highest BCUT2D eigenvalue weighted by molar-refractivity contribution is 7.79. The normalized spacial score (nSPS) is 11.7. The van der Waals surface area contributed by atoms with Crippen molar-refractivity contribution in [2.45, 2.75) is 52.4 Å². The highest BCUT2D eigenvalue weighted by Gasteiger charge is 2.16. The van der Waals surface area contributed by atoms with E-state index in [0.29, 0.717) is 24.3 Å². The molecule has 0 fully saturated rings. The average Bonchev–Trinajstić information content (AvgIpc) is 2.82. The third-order valence-electron chi connectivity index (χ3n) is 5.52. The van der Waals surface area contributed by atoms with Crippen LogP contribution >= 0.6 is 0 Å². The minimum atomic E-state index is -4.67. The second-order valence-corrected chi connectivity index (χ2v) is 12.9. The lowest BCUT2D eigenvalue weighted by Crippen LogP contribution is -2.20. The van der Waals surface area contributed by atoms with Crippen molar-refractivity contribution in [2.24, 2.45) is 0 Å². The molecule has 0 spiro atoms. The first-order valence-electron chi connectivity index (χ1n) is 13.2. The third-order valence-corrected chi connectivity index (χ3v) is 5.52. The van der Waals surface area contributed by atoms with Crippen molar-refractivity contribution in [1.29, 1.82) is 0 Å². The van der Waals surface area contributed by atoms with Crippen molar-refractivity contribution >= 4 is 22.3 Å². The van der Waals surface area contributed by atoms with Crippen LogP contribution in [0.3, 0.4) is 0 Å². The summed E-state index contributed by atoms with van der Waals surface area (Å²) in [4.78, 5) is 27.5. The molecule has 0 saturated carbocycles. The summed E-state index contributed by atoms with van der Waals surface area (Å²) in [6.45, 7) is 15.2. The number of carbonyl (C=O) groups is 2. The van der Waals surface area contributed by atoms with Gasteiger partial charge in [0.25, 0.3) is 0 Å². The van der Waals surface area contributed by atoms with Crippen molar-refractivity contribution in [2.75, 3.05) is 54.5 Å². The molecule has 0 aliphatic carbocycles. The van der Waals surface area contributed by atoms with E-state index in [1.165, 1.54) is 11.1 Å². The van der Waals surface area contributed by atoms with Gasteiger partial charge >= 0.3 is 22.3 Å².